The number of H-pyrrole nitrogens is 1. The molecule has 1 saturated carbocycles. The Morgan fingerprint density at radius 1 is 1.10 bits per heavy atom. The number of hydrogen-bond donors (Lipinski definition) is 4. The Kier molecular flexibility index (Phi) is 13.6. The number of nitrogens with one attached hydrogen (secondary N) is 4. The summed E-state index contributed by atoms with van der Waals surface area (Å²) in [6.45, 7) is 12.5. The van der Waals surface area contributed by atoms with Gasteiger partial charge in [0.1, 0.15) is 17.8 Å². The van der Waals surface area contributed by atoms with E-state index in [0.717, 1.165) is 52.7 Å². The zero-order chi connectivity index (χ0) is 41.6. The molecule has 13 heteroatoms. The van der Waals surface area contributed by atoms with Crippen LogP contribution in [0.4, 0.5) is 0 Å². The molecule has 0 bridgehead atoms. The molecule has 1 spiro atoms. The van der Waals surface area contributed by atoms with E-state index in [-0.39, 0.29) is 31.8 Å². The van der Waals surface area contributed by atoms with Crippen LogP contribution in [0.5, 0.6) is 5.75 Å². The van der Waals surface area contributed by atoms with Gasteiger partial charge in [0.05, 0.1) is 25.4 Å². The van der Waals surface area contributed by atoms with Gasteiger partial charge in [0.15, 0.2) is 5.60 Å². The van der Waals surface area contributed by atoms with E-state index in [0.29, 0.717) is 35.9 Å². The quantitative estimate of drug-likeness (QED) is 0.114. The van der Waals surface area contributed by atoms with E-state index in [2.05, 4.69) is 32.7 Å². The highest BCUT2D eigenvalue weighted by atomic mass is 35.5. The minimum absolute atomic E-state index is 0.105. The molecule has 312 valence electrons. The summed E-state index contributed by atoms with van der Waals surface area (Å²) >= 11 is 6.31. The Morgan fingerprint density at radius 3 is 2.59 bits per heavy atom. The van der Waals surface area contributed by atoms with Crippen LogP contribution in [0.1, 0.15) is 103 Å². The number of Topliss-reactive ketones (excluding diaryl/α,β-unsaturated/α-hetero) is 1. The predicted octanol–water partition coefficient (Wildman–Crippen LogP) is 7.00. The fourth-order valence-electron chi connectivity index (χ4n) is 8.64. The van der Waals surface area contributed by atoms with Gasteiger partial charge in [-0.3, -0.25) is 19.2 Å². The maximum Gasteiger partial charge on any atom is 0.289 e. The number of allylic oxidation sites excluding steroid dienone is 1. The maximum absolute atomic E-state index is 14.8. The molecule has 0 radical (unpaired) electrons. The average Bonchev–Trinajstić information content (AvgIpc) is 3.92. The first-order valence-corrected chi connectivity index (χ1v) is 21.1. The molecule has 12 nitrogen and oxygen atoms in total. The molecular weight excluding hydrogens is 756 g/mol. The number of methoxy groups -OCH3 is 1. The molecule has 2 aromatic carbocycles. The first-order valence-electron chi connectivity index (χ1n) is 20.7. The number of rotatable bonds is 16. The van der Waals surface area contributed by atoms with Gasteiger partial charge in [-0.2, -0.15) is 0 Å². The summed E-state index contributed by atoms with van der Waals surface area (Å²) < 4.78 is 5.37. The van der Waals surface area contributed by atoms with Gasteiger partial charge in [-0.15, -0.1) is 0 Å². The van der Waals surface area contributed by atoms with Crippen molar-refractivity contribution in [1.82, 2.24) is 25.8 Å². The number of amides is 3. The van der Waals surface area contributed by atoms with Gasteiger partial charge in [-0.25, -0.2) is 0 Å². The number of halogens is 1. The molecule has 3 heterocycles. The van der Waals surface area contributed by atoms with E-state index < -0.39 is 46.7 Å². The van der Waals surface area contributed by atoms with Crippen molar-refractivity contribution in [1.29, 1.82) is 0 Å². The number of benzene rings is 2. The van der Waals surface area contributed by atoms with Crippen LogP contribution in [-0.4, -0.2) is 83.0 Å². The number of ketones is 1. The highest BCUT2D eigenvalue weighted by molar-refractivity contribution is 6.38. The molecule has 6 rings (SSSR count). The molecule has 3 aliphatic rings. The van der Waals surface area contributed by atoms with Crippen molar-refractivity contribution in [3.05, 3.63) is 77.1 Å². The molecule has 0 unspecified atom stereocenters. The van der Waals surface area contributed by atoms with Crippen molar-refractivity contribution in [3.8, 4) is 5.75 Å². The molecule has 4 atom stereocenters. The fraction of sp³-hybridized carbons (Fsp3) is 0.533. The molecule has 1 saturated heterocycles. The minimum Gasteiger partial charge on any atom is -0.497 e. The monoisotopic (exact) mass is 814 g/mol. The van der Waals surface area contributed by atoms with Crippen LogP contribution >= 0.6 is 11.6 Å². The van der Waals surface area contributed by atoms with E-state index in [1.54, 1.807) is 18.1 Å². The van der Waals surface area contributed by atoms with Gasteiger partial charge in [0.25, 0.3) is 5.91 Å². The van der Waals surface area contributed by atoms with Crippen molar-refractivity contribution >= 4 is 51.7 Å². The second kappa shape index (κ2) is 18.4. The lowest BCUT2D eigenvalue weighted by atomic mass is 9.83. The lowest BCUT2D eigenvalue weighted by Gasteiger charge is -2.37. The van der Waals surface area contributed by atoms with Gasteiger partial charge in [-0.05, 0) is 66.5 Å². The maximum atomic E-state index is 14.8. The number of carbonyl (C=O) groups is 4. The number of likely N-dealkylation sites (tertiary alicyclic amines) is 1. The lowest BCUT2D eigenvalue weighted by Crippen LogP contribution is -2.58. The van der Waals surface area contributed by atoms with Gasteiger partial charge in [0, 0.05) is 52.8 Å². The summed E-state index contributed by atoms with van der Waals surface area (Å²) in [5, 5.41) is 15.1. The van der Waals surface area contributed by atoms with Crippen LogP contribution in [0.2, 0.25) is 5.02 Å². The van der Waals surface area contributed by atoms with E-state index in [9.17, 15) is 19.2 Å². The molecule has 3 amide bonds. The first kappa shape index (κ1) is 42.8. The first-order chi connectivity index (χ1) is 27.7. The normalized spacial score (nSPS) is 20.6. The zero-order valence-corrected chi connectivity index (χ0v) is 35.3. The summed E-state index contributed by atoms with van der Waals surface area (Å²) in [6, 6.07) is 10.3. The summed E-state index contributed by atoms with van der Waals surface area (Å²) in [7, 11) is 1.61. The Labute approximate surface area is 346 Å². The largest absolute Gasteiger partial charge is 0.497 e. The minimum atomic E-state index is -1.09. The van der Waals surface area contributed by atoms with Crippen LogP contribution in [-0.2, 0) is 30.4 Å². The Morgan fingerprint density at radius 2 is 1.88 bits per heavy atom. The Bertz CT molecular complexity index is 2030. The molecule has 58 heavy (non-hydrogen) atoms. The number of nitrogens with zero attached hydrogens (tertiary/aromatic N) is 2. The number of aromatic amines is 1. The second-order valence-corrected chi connectivity index (χ2v) is 17.8. The van der Waals surface area contributed by atoms with Gasteiger partial charge < -0.3 is 35.4 Å². The van der Waals surface area contributed by atoms with Gasteiger partial charge in [-0.1, -0.05) is 102 Å². The molecule has 3 aromatic rings. The lowest BCUT2D eigenvalue weighted by molar-refractivity contribution is -0.144. The van der Waals surface area contributed by atoms with Crippen molar-refractivity contribution in [2.24, 2.45) is 16.5 Å². The average molecular weight is 815 g/mol. The number of carbonyl (C=O) groups excluding carboxylic acids is 4. The smallest absolute Gasteiger partial charge is 0.289 e. The summed E-state index contributed by atoms with van der Waals surface area (Å²) in [4.78, 5) is 67.3. The van der Waals surface area contributed by atoms with Crippen molar-refractivity contribution in [3.63, 3.8) is 0 Å². The number of ether oxygens (including phenoxy) is 1. The summed E-state index contributed by atoms with van der Waals surface area (Å²) in [6.07, 6.45) is 10.4. The van der Waals surface area contributed by atoms with E-state index in [1.807, 2.05) is 70.3 Å². The van der Waals surface area contributed by atoms with E-state index in [4.69, 9.17) is 21.2 Å². The third-order valence-corrected chi connectivity index (χ3v) is 12.0. The summed E-state index contributed by atoms with van der Waals surface area (Å²) in [5.74, 6) is -1.06. The number of oxime groups is 1. The SMILES string of the molecule is C=C(CC1CCCCC1)N[C@H](C(=O)N1C[C@@]2(CC(c3cccc(Cl)c3)=NO2)C[C@H]1C(=O)N[C@@H](CCC)C(=O)C(=O)NCCc1c[nH]c2ccc(OC)cc12)C(C)(C)C. The molecule has 4 N–H and O–H groups in total. The second-order valence-electron chi connectivity index (χ2n) is 17.4. The Balaban J connectivity index is 1.18. The van der Waals surface area contributed by atoms with Crippen LogP contribution in [0.15, 0.2) is 66.1 Å². The highest BCUT2D eigenvalue weighted by Gasteiger charge is 2.55. The van der Waals surface area contributed by atoms with Crippen LogP contribution in [0.25, 0.3) is 10.9 Å². The third kappa shape index (κ3) is 10.1. The number of hydrogen-bond acceptors (Lipinski definition) is 8. The molecular formula is C45H59ClN6O6. The topological polar surface area (TPSA) is 154 Å². The van der Waals surface area contributed by atoms with Crippen LogP contribution in [0.3, 0.4) is 0 Å². The molecule has 2 aliphatic heterocycles. The molecule has 1 aromatic heterocycles. The van der Waals surface area contributed by atoms with Crippen molar-refractivity contribution < 1.29 is 28.8 Å². The van der Waals surface area contributed by atoms with E-state index in [1.165, 1.54) is 19.3 Å². The number of aromatic nitrogens is 1. The van der Waals surface area contributed by atoms with Gasteiger partial charge in [0.2, 0.25) is 17.6 Å². The Hall–Kier alpha value is -4.84. The van der Waals surface area contributed by atoms with Crippen LogP contribution in [0, 0.1) is 11.3 Å². The van der Waals surface area contributed by atoms with E-state index >= 15 is 0 Å². The number of fused-ring (bicyclic) bond motifs is 1. The van der Waals surface area contributed by atoms with Crippen molar-refractivity contribution in [2.45, 2.75) is 122 Å². The van der Waals surface area contributed by atoms with Gasteiger partial charge >= 0.3 is 0 Å². The zero-order valence-electron chi connectivity index (χ0n) is 34.5. The molecule has 2 fully saturated rings. The van der Waals surface area contributed by atoms with Crippen molar-refractivity contribution in [2.75, 3.05) is 20.2 Å². The fourth-order valence-corrected chi connectivity index (χ4v) is 8.83. The third-order valence-electron chi connectivity index (χ3n) is 11.8. The molecule has 1 aliphatic carbocycles. The highest BCUT2D eigenvalue weighted by Crippen LogP contribution is 2.40. The summed E-state index contributed by atoms with van der Waals surface area (Å²) in [5.41, 5.74) is 2.66. The predicted molar refractivity (Wildman–Crippen MR) is 227 cm³/mol. The van der Waals surface area contributed by atoms with Crippen LogP contribution < -0.4 is 20.7 Å². The standard InChI is InChI=1S/C45H59ClN6O6/c1-7-12-36(39(53)42(55)47-20-19-31-26-48-35-18-17-33(57-6)23-34(31)35)50-41(54)38-25-45(24-37(51-58-45)30-15-11-16-32(46)22-30)27-52(38)43(56)40(44(3,4)5)49-28(2)21-29-13-9-8-10-14-29/h11,15-18,22-23,26,29,36,38,40,48-49H,2,7-10,12-14,19-21,24-25,27H2,1,3-6H3,(H,47,55)(H,50,54)/t36-,38-,40+,45+/m0/s1.